The van der Waals surface area contributed by atoms with Gasteiger partial charge in [0.25, 0.3) is 0 Å². The maximum atomic E-state index is 13.3. The lowest BCUT2D eigenvalue weighted by molar-refractivity contribution is -0.359. The Balaban J connectivity index is 1.72. The summed E-state index contributed by atoms with van der Waals surface area (Å²) in [6.07, 6.45) is 49.7. The van der Waals surface area contributed by atoms with Crippen LogP contribution in [0.15, 0.2) is 60.8 Å². The smallest absolute Gasteiger partial charge is 0.220 e. The van der Waals surface area contributed by atoms with E-state index in [1.54, 1.807) is 6.08 Å². The van der Waals surface area contributed by atoms with E-state index in [0.29, 0.717) is 6.42 Å². The molecule has 14 nitrogen and oxygen atoms in total. The minimum absolute atomic E-state index is 0.241. The van der Waals surface area contributed by atoms with Crippen molar-refractivity contribution in [2.24, 2.45) is 0 Å². The van der Waals surface area contributed by atoms with Crippen LogP contribution < -0.4 is 5.32 Å². The molecule has 466 valence electrons. The number of carbonyl (C=O) groups is 1. The van der Waals surface area contributed by atoms with Crippen LogP contribution in [0.3, 0.4) is 0 Å². The van der Waals surface area contributed by atoms with Gasteiger partial charge in [-0.1, -0.05) is 254 Å². The number of aliphatic hydroxyl groups excluding tert-OH is 8. The Kier molecular flexibility index (Phi) is 47.2. The van der Waals surface area contributed by atoms with Crippen LogP contribution in [0, 0.1) is 0 Å². The molecule has 2 rings (SSSR count). The number of ether oxygens (including phenoxy) is 4. The molecule has 2 saturated heterocycles. The van der Waals surface area contributed by atoms with Gasteiger partial charge in [-0.15, -0.1) is 0 Å². The number of hydrogen-bond donors (Lipinski definition) is 9. The second-order valence-electron chi connectivity index (χ2n) is 22.9. The van der Waals surface area contributed by atoms with E-state index in [1.165, 1.54) is 161 Å². The first-order valence-corrected chi connectivity index (χ1v) is 32.5. The van der Waals surface area contributed by atoms with Gasteiger partial charge < -0.3 is 65.1 Å². The lowest BCUT2D eigenvalue weighted by Crippen LogP contribution is -2.65. The molecular formula is C66H119NO13. The van der Waals surface area contributed by atoms with Crippen molar-refractivity contribution in [2.75, 3.05) is 19.8 Å². The molecule has 0 saturated carbocycles. The summed E-state index contributed by atoms with van der Waals surface area (Å²) < 4.78 is 22.8. The standard InChI is InChI=1S/C66H119NO13/c1-3-5-7-9-11-13-15-17-19-21-23-25-26-27-28-30-32-34-36-38-40-42-44-46-48-50-58(71)67-54(55(70)49-47-45-43-41-39-37-35-33-31-29-24-22-20-18-16-14-12-10-8-6-4-2)53-77-65-63(76)61(74)64(57(52-69)79-65)80-66-62(75)60(73)59(72)56(51-68)78-66/h5,7,11,13,17,19,23,25,47,49,54-57,59-66,68-70,72-76H,3-4,6,8-10,12,14-16,18,20-22,24,26-46,48,50-53H2,1-2H3,(H,67,71)/b7-5-,13-11-,19-17-,25-23-,49-47+. The molecule has 80 heavy (non-hydrogen) atoms. The van der Waals surface area contributed by atoms with Gasteiger partial charge in [-0.05, 0) is 57.8 Å². The fraction of sp³-hybridized carbons (Fsp3) is 0.833. The molecule has 12 unspecified atom stereocenters. The van der Waals surface area contributed by atoms with Crippen LogP contribution in [0.4, 0.5) is 0 Å². The molecule has 0 bridgehead atoms. The van der Waals surface area contributed by atoms with E-state index in [4.69, 9.17) is 18.9 Å². The second-order valence-corrected chi connectivity index (χ2v) is 22.9. The molecule has 0 spiro atoms. The van der Waals surface area contributed by atoms with Crippen molar-refractivity contribution in [3.05, 3.63) is 60.8 Å². The van der Waals surface area contributed by atoms with Gasteiger partial charge in [0, 0.05) is 6.42 Å². The SMILES string of the molecule is CC/C=C\C/C=C\C/C=C\C/C=C\CCCCCCCCCCCCCCC(=O)NC(COC1OC(CO)C(OC2OC(CO)C(O)C(O)C2O)C(O)C1O)C(O)/C=C/CCCCCCCCCCCCCCCCCCCCC. The predicted molar refractivity (Wildman–Crippen MR) is 323 cm³/mol. The summed E-state index contributed by atoms with van der Waals surface area (Å²) in [7, 11) is 0. The highest BCUT2D eigenvalue weighted by Crippen LogP contribution is 2.30. The Hall–Kier alpha value is -2.31. The summed E-state index contributed by atoms with van der Waals surface area (Å²) in [5.74, 6) is -0.241. The van der Waals surface area contributed by atoms with Gasteiger partial charge in [-0.25, -0.2) is 0 Å². The van der Waals surface area contributed by atoms with Crippen LogP contribution >= 0.6 is 0 Å². The predicted octanol–water partition coefficient (Wildman–Crippen LogP) is 12.1. The number of hydrogen-bond acceptors (Lipinski definition) is 13. The number of nitrogens with one attached hydrogen (secondary N) is 1. The zero-order valence-corrected chi connectivity index (χ0v) is 50.3. The van der Waals surface area contributed by atoms with Crippen LogP contribution in [0.5, 0.6) is 0 Å². The number of unbranched alkanes of at least 4 members (excludes halogenated alkanes) is 31. The van der Waals surface area contributed by atoms with Crippen molar-refractivity contribution in [2.45, 2.75) is 331 Å². The zero-order valence-electron chi connectivity index (χ0n) is 50.3. The van der Waals surface area contributed by atoms with Crippen molar-refractivity contribution < 1.29 is 64.6 Å². The second kappa shape index (κ2) is 51.1. The van der Waals surface area contributed by atoms with E-state index in [0.717, 1.165) is 70.6 Å². The van der Waals surface area contributed by atoms with Gasteiger partial charge >= 0.3 is 0 Å². The van der Waals surface area contributed by atoms with Crippen molar-refractivity contribution in [3.8, 4) is 0 Å². The average Bonchev–Trinajstić information content (AvgIpc) is 3.49. The maximum Gasteiger partial charge on any atom is 0.220 e. The maximum absolute atomic E-state index is 13.3. The quantitative estimate of drug-likeness (QED) is 0.0204. The Morgan fingerprint density at radius 2 is 0.863 bits per heavy atom. The Morgan fingerprint density at radius 1 is 0.463 bits per heavy atom. The summed E-state index contributed by atoms with van der Waals surface area (Å²) in [6, 6.07) is -0.919. The molecule has 1 amide bonds. The summed E-state index contributed by atoms with van der Waals surface area (Å²) in [5, 5.41) is 87.3. The summed E-state index contributed by atoms with van der Waals surface area (Å²) in [5.41, 5.74) is 0. The Labute approximate surface area is 486 Å². The van der Waals surface area contributed by atoms with Crippen LogP contribution in [0.2, 0.25) is 0 Å². The molecule has 0 aromatic heterocycles. The van der Waals surface area contributed by atoms with Gasteiger partial charge in [0.05, 0.1) is 32.0 Å². The minimum Gasteiger partial charge on any atom is -0.394 e. The van der Waals surface area contributed by atoms with Gasteiger partial charge in [0.2, 0.25) is 5.91 Å². The third-order valence-electron chi connectivity index (χ3n) is 15.7. The molecule has 2 aliphatic rings. The first kappa shape index (κ1) is 73.8. The fourth-order valence-corrected chi connectivity index (χ4v) is 10.5. The fourth-order valence-electron chi connectivity index (χ4n) is 10.5. The van der Waals surface area contributed by atoms with Crippen LogP contribution in [-0.2, 0) is 23.7 Å². The van der Waals surface area contributed by atoms with E-state index >= 15 is 0 Å². The van der Waals surface area contributed by atoms with E-state index in [9.17, 15) is 45.6 Å². The monoisotopic (exact) mass is 1130 g/mol. The summed E-state index contributed by atoms with van der Waals surface area (Å²) >= 11 is 0. The molecular weight excluding hydrogens is 1010 g/mol. The molecule has 14 heteroatoms. The van der Waals surface area contributed by atoms with Crippen molar-refractivity contribution in [1.82, 2.24) is 5.32 Å². The first-order valence-electron chi connectivity index (χ1n) is 32.5. The summed E-state index contributed by atoms with van der Waals surface area (Å²) in [6.45, 7) is 2.71. The molecule has 2 fully saturated rings. The van der Waals surface area contributed by atoms with Crippen LogP contribution in [0.25, 0.3) is 0 Å². The molecule has 2 aliphatic heterocycles. The third kappa shape index (κ3) is 35.7. The molecule has 12 atom stereocenters. The van der Waals surface area contributed by atoms with E-state index in [-0.39, 0.29) is 18.9 Å². The van der Waals surface area contributed by atoms with Crippen LogP contribution in [-0.4, -0.2) is 140 Å². The highest BCUT2D eigenvalue weighted by atomic mass is 16.7. The molecule has 0 aromatic carbocycles. The molecule has 0 aliphatic carbocycles. The number of rotatable bonds is 52. The highest BCUT2D eigenvalue weighted by Gasteiger charge is 2.51. The van der Waals surface area contributed by atoms with Gasteiger partial charge in [-0.2, -0.15) is 0 Å². The first-order chi connectivity index (χ1) is 39.1. The van der Waals surface area contributed by atoms with Crippen molar-refractivity contribution in [3.63, 3.8) is 0 Å². The Bertz CT molecular complexity index is 1570. The minimum atomic E-state index is -1.79. The van der Waals surface area contributed by atoms with Crippen molar-refractivity contribution in [1.29, 1.82) is 0 Å². The number of aliphatic hydroxyl groups is 8. The topological polar surface area (TPSA) is 228 Å². The van der Waals surface area contributed by atoms with E-state index < -0.39 is 86.8 Å². The lowest BCUT2D eigenvalue weighted by atomic mass is 9.97. The highest BCUT2D eigenvalue weighted by molar-refractivity contribution is 5.76. The molecule has 2 heterocycles. The van der Waals surface area contributed by atoms with Gasteiger partial charge in [0.15, 0.2) is 12.6 Å². The number of allylic oxidation sites excluding steroid dienone is 9. The number of amides is 1. The lowest BCUT2D eigenvalue weighted by Gasteiger charge is -2.46. The number of carbonyl (C=O) groups excluding carboxylic acids is 1. The Morgan fingerprint density at radius 3 is 1.32 bits per heavy atom. The molecule has 9 N–H and O–H groups in total. The van der Waals surface area contributed by atoms with Crippen LogP contribution in [0.1, 0.15) is 258 Å². The summed E-state index contributed by atoms with van der Waals surface area (Å²) in [4.78, 5) is 13.3. The van der Waals surface area contributed by atoms with E-state index in [1.807, 2.05) is 6.08 Å². The largest absolute Gasteiger partial charge is 0.394 e. The molecule has 0 radical (unpaired) electrons. The van der Waals surface area contributed by atoms with E-state index in [2.05, 4.69) is 67.8 Å². The average molecular weight is 1130 g/mol. The third-order valence-corrected chi connectivity index (χ3v) is 15.7. The zero-order chi connectivity index (χ0) is 58.1. The van der Waals surface area contributed by atoms with Crippen molar-refractivity contribution >= 4 is 5.91 Å². The van der Waals surface area contributed by atoms with Gasteiger partial charge in [0.1, 0.15) is 48.8 Å². The molecule has 0 aromatic rings. The normalized spacial score (nSPS) is 24.6. The van der Waals surface area contributed by atoms with Gasteiger partial charge in [-0.3, -0.25) is 4.79 Å².